The van der Waals surface area contributed by atoms with Crippen molar-refractivity contribution in [1.82, 2.24) is 20.5 Å². The van der Waals surface area contributed by atoms with Gasteiger partial charge < -0.3 is 41.6 Å². The molecule has 13 nitrogen and oxygen atoms in total. The number of carbonyl (C=O) groups is 5. The van der Waals surface area contributed by atoms with Crippen molar-refractivity contribution >= 4 is 40.6 Å². The first-order chi connectivity index (χ1) is 20.0. The third-order valence-electron chi connectivity index (χ3n) is 7.27. The fraction of sp³-hybridized carbons (Fsp3) is 0.345. The largest absolute Gasteiger partial charge is 0.508 e. The van der Waals surface area contributed by atoms with Crippen LogP contribution >= 0.6 is 0 Å². The summed E-state index contributed by atoms with van der Waals surface area (Å²) in [5.41, 5.74) is 8.31. The summed E-state index contributed by atoms with van der Waals surface area (Å²) in [6, 6.07) is 8.32. The summed E-state index contributed by atoms with van der Waals surface area (Å²) in [5, 5.41) is 34.4. The van der Waals surface area contributed by atoms with E-state index in [-0.39, 0.29) is 31.6 Å². The molecule has 0 radical (unpaired) electrons. The van der Waals surface area contributed by atoms with Crippen LogP contribution in [0.25, 0.3) is 10.9 Å². The zero-order valence-electron chi connectivity index (χ0n) is 22.7. The van der Waals surface area contributed by atoms with E-state index in [0.29, 0.717) is 12.0 Å². The summed E-state index contributed by atoms with van der Waals surface area (Å²) in [7, 11) is 0. The number of amides is 3. The number of aromatic amines is 1. The lowest BCUT2D eigenvalue weighted by atomic mass is 10.0. The van der Waals surface area contributed by atoms with Crippen LogP contribution in [-0.4, -0.2) is 85.6 Å². The number of carboxylic acid groups (broad SMARTS) is 2. The van der Waals surface area contributed by atoms with Gasteiger partial charge in [0.25, 0.3) is 0 Å². The monoisotopic (exact) mass is 579 g/mol. The normalized spacial score (nSPS) is 16.9. The van der Waals surface area contributed by atoms with E-state index >= 15 is 0 Å². The van der Waals surface area contributed by atoms with Crippen LogP contribution in [0.15, 0.2) is 54.7 Å². The van der Waals surface area contributed by atoms with Crippen LogP contribution in [0.4, 0.5) is 0 Å². The Morgan fingerprint density at radius 1 is 0.952 bits per heavy atom. The van der Waals surface area contributed by atoms with Crippen LogP contribution in [-0.2, 0) is 36.8 Å². The van der Waals surface area contributed by atoms with Gasteiger partial charge in [0.1, 0.15) is 23.9 Å². The number of aliphatic carboxylic acids is 2. The Kier molecular flexibility index (Phi) is 9.42. The Balaban J connectivity index is 1.50. The molecule has 4 rings (SSSR count). The lowest BCUT2D eigenvalue weighted by Gasteiger charge is -2.29. The maximum Gasteiger partial charge on any atom is 0.326 e. The first kappa shape index (κ1) is 30.1. The van der Waals surface area contributed by atoms with Crippen molar-refractivity contribution in [2.75, 3.05) is 6.54 Å². The summed E-state index contributed by atoms with van der Waals surface area (Å²) in [6.45, 7) is 0.176. The second-order valence-corrected chi connectivity index (χ2v) is 10.3. The van der Waals surface area contributed by atoms with Crippen LogP contribution in [0, 0.1) is 0 Å². The van der Waals surface area contributed by atoms with Gasteiger partial charge in [-0.25, -0.2) is 4.79 Å². The minimum absolute atomic E-state index is 0.00986. The van der Waals surface area contributed by atoms with Gasteiger partial charge in [0.2, 0.25) is 17.7 Å². The predicted molar refractivity (Wildman–Crippen MR) is 150 cm³/mol. The maximum absolute atomic E-state index is 13.5. The van der Waals surface area contributed by atoms with Gasteiger partial charge in [0.15, 0.2) is 0 Å². The second kappa shape index (κ2) is 13.2. The van der Waals surface area contributed by atoms with Crippen molar-refractivity contribution in [1.29, 1.82) is 0 Å². The van der Waals surface area contributed by atoms with Gasteiger partial charge >= 0.3 is 11.9 Å². The Morgan fingerprint density at radius 2 is 1.64 bits per heavy atom. The third-order valence-corrected chi connectivity index (χ3v) is 7.27. The van der Waals surface area contributed by atoms with Crippen LogP contribution in [0.3, 0.4) is 0 Å². The quantitative estimate of drug-likeness (QED) is 0.159. The maximum atomic E-state index is 13.5. The molecule has 4 atom stereocenters. The van der Waals surface area contributed by atoms with Crippen LogP contribution in [0.1, 0.15) is 30.4 Å². The molecular formula is C29H33N5O8. The molecule has 42 heavy (non-hydrogen) atoms. The van der Waals surface area contributed by atoms with Crippen LogP contribution in [0.5, 0.6) is 5.75 Å². The van der Waals surface area contributed by atoms with Crippen molar-refractivity contribution in [2.45, 2.75) is 56.3 Å². The molecule has 13 heteroatoms. The van der Waals surface area contributed by atoms with Gasteiger partial charge in [0, 0.05) is 30.1 Å². The summed E-state index contributed by atoms with van der Waals surface area (Å²) in [6.07, 6.45) is 1.72. The molecule has 1 fully saturated rings. The van der Waals surface area contributed by atoms with E-state index in [4.69, 9.17) is 5.73 Å². The Bertz CT molecular complexity index is 1470. The molecule has 0 saturated carbocycles. The molecule has 4 unspecified atom stereocenters. The Morgan fingerprint density at radius 3 is 2.33 bits per heavy atom. The number of H-pyrrole nitrogens is 1. The van der Waals surface area contributed by atoms with Gasteiger partial charge in [-0.05, 0) is 48.6 Å². The summed E-state index contributed by atoms with van der Waals surface area (Å²) >= 11 is 0. The Hall–Kier alpha value is -4.91. The Labute approximate surface area is 240 Å². The molecule has 3 aromatic rings. The number of aromatic nitrogens is 1. The van der Waals surface area contributed by atoms with Crippen LogP contribution < -0.4 is 16.4 Å². The number of nitrogens with one attached hydrogen (secondary N) is 3. The number of rotatable bonds is 12. The van der Waals surface area contributed by atoms with Crippen molar-refractivity contribution < 1.29 is 39.3 Å². The highest BCUT2D eigenvalue weighted by Crippen LogP contribution is 2.21. The summed E-state index contributed by atoms with van der Waals surface area (Å²) in [5.74, 6) is -4.90. The highest BCUT2D eigenvalue weighted by Gasteiger charge is 2.38. The number of likely N-dealkylation sites (tertiary alicyclic amines) is 1. The zero-order valence-corrected chi connectivity index (χ0v) is 22.7. The fourth-order valence-corrected chi connectivity index (χ4v) is 5.12. The number of nitrogens with two attached hydrogens (primary N) is 1. The van der Waals surface area contributed by atoms with Gasteiger partial charge in [-0.3, -0.25) is 19.2 Å². The SMILES string of the molecule is NC(Cc1c[nH]c2ccccc12)C(=O)NC(CC(=O)O)C(=O)NC(Cc1ccc(O)cc1)C(=O)N1CCCC1C(=O)O. The fourth-order valence-electron chi connectivity index (χ4n) is 5.12. The highest BCUT2D eigenvalue weighted by molar-refractivity contribution is 5.96. The van der Waals surface area contributed by atoms with Crippen molar-refractivity contribution in [3.05, 3.63) is 65.9 Å². The molecule has 0 bridgehead atoms. The average Bonchev–Trinajstić information content (AvgIpc) is 3.61. The highest BCUT2D eigenvalue weighted by atomic mass is 16.4. The number of carboxylic acids is 2. The number of nitrogens with zero attached hydrogens (tertiary/aromatic N) is 1. The minimum Gasteiger partial charge on any atom is -0.508 e. The number of aromatic hydroxyl groups is 1. The molecule has 1 saturated heterocycles. The van der Waals surface area contributed by atoms with E-state index in [1.165, 1.54) is 17.0 Å². The topological polar surface area (TPSA) is 215 Å². The molecule has 3 amide bonds. The molecule has 1 aliphatic rings. The summed E-state index contributed by atoms with van der Waals surface area (Å²) in [4.78, 5) is 67.4. The third kappa shape index (κ3) is 7.23. The minimum atomic E-state index is -1.56. The van der Waals surface area contributed by atoms with Crippen molar-refractivity contribution in [3.63, 3.8) is 0 Å². The van der Waals surface area contributed by atoms with E-state index in [9.17, 15) is 39.3 Å². The molecule has 1 aliphatic heterocycles. The zero-order chi connectivity index (χ0) is 30.4. The molecule has 0 aliphatic carbocycles. The molecule has 8 N–H and O–H groups in total. The molecule has 222 valence electrons. The molecule has 2 aromatic carbocycles. The number of hydrogen-bond donors (Lipinski definition) is 7. The van der Waals surface area contributed by atoms with E-state index in [1.807, 2.05) is 24.3 Å². The molecule has 2 heterocycles. The van der Waals surface area contributed by atoms with Crippen molar-refractivity contribution in [2.24, 2.45) is 5.73 Å². The van der Waals surface area contributed by atoms with E-state index in [2.05, 4.69) is 15.6 Å². The molecule has 1 aromatic heterocycles. The number of hydrogen-bond acceptors (Lipinski definition) is 7. The van der Waals surface area contributed by atoms with E-state index in [0.717, 1.165) is 16.5 Å². The smallest absolute Gasteiger partial charge is 0.326 e. The number of phenolic OH excluding ortho intramolecular Hbond substituents is 1. The van der Waals surface area contributed by atoms with Crippen LogP contribution in [0.2, 0.25) is 0 Å². The van der Waals surface area contributed by atoms with Crippen molar-refractivity contribution in [3.8, 4) is 5.75 Å². The molecule has 0 spiro atoms. The van der Waals surface area contributed by atoms with Gasteiger partial charge in [-0.1, -0.05) is 30.3 Å². The van der Waals surface area contributed by atoms with E-state index in [1.54, 1.807) is 18.3 Å². The molecular weight excluding hydrogens is 546 g/mol. The van der Waals surface area contributed by atoms with Gasteiger partial charge in [-0.2, -0.15) is 0 Å². The van der Waals surface area contributed by atoms with Gasteiger partial charge in [0.05, 0.1) is 12.5 Å². The lowest BCUT2D eigenvalue weighted by molar-refractivity contribution is -0.149. The number of fused-ring (bicyclic) bond motifs is 1. The second-order valence-electron chi connectivity index (χ2n) is 10.3. The standard InChI is InChI=1S/C29H33N5O8/c30-20(13-17-15-31-21-5-2-1-4-19(17)21)26(38)32-22(14-25(36)37)27(39)33-23(12-16-7-9-18(35)10-8-16)28(40)34-11-3-6-24(34)29(41)42/h1-2,4-5,7-10,15,20,22-24,31,35H,3,6,11-14,30H2,(H,32,38)(H,33,39)(H,36,37)(H,41,42). The average molecular weight is 580 g/mol. The predicted octanol–water partition coefficient (Wildman–Crippen LogP) is 0.506. The van der Waals surface area contributed by atoms with E-state index < -0.39 is 60.2 Å². The summed E-state index contributed by atoms with van der Waals surface area (Å²) < 4.78 is 0. The number of phenols is 1. The number of carbonyl (C=O) groups excluding carboxylic acids is 3. The lowest BCUT2D eigenvalue weighted by Crippen LogP contribution is -2.58. The first-order valence-electron chi connectivity index (χ1n) is 13.5. The number of benzene rings is 2. The number of para-hydroxylation sites is 1. The first-order valence-corrected chi connectivity index (χ1v) is 13.5. The van der Waals surface area contributed by atoms with Gasteiger partial charge in [-0.15, -0.1) is 0 Å².